The van der Waals surface area contributed by atoms with Crippen molar-refractivity contribution in [3.8, 4) is 5.75 Å². The Morgan fingerprint density at radius 3 is 2.84 bits per heavy atom. The number of ether oxygens (including phenoxy) is 1. The van der Waals surface area contributed by atoms with Gasteiger partial charge in [0.05, 0.1) is 13.2 Å². The summed E-state index contributed by atoms with van der Waals surface area (Å²) >= 11 is 0. The third-order valence-corrected chi connectivity index (χ3v) is 3.57. The van der Waals surface area contributed by atoms with Gasteiger partial charge in [-0.2, -0.15) is 0 Å². The van der Waals surface area contributed by atoms with Crippen molar-refractivity contribution in [1.82, 2.24) is 10.2 Å². The number of hydrogen-bond donors (Lipinski definition) is 1. The fourth-order valence-corrected chi connectivity index (χ4v) is 2.45. The molecule has 104 valence electrons. The fourth-order valence-electron chi connectivity index (χ4n) is 2.45. The van der Waals surface area contributed by atoms with Gasteiger partial charge in [0.15, 0.2) is 0 Å². The highest BCUT2D eigenvalue weighted by atomic mass is 16.5. The van der Waals surface area contributed by atoms with Crippen LogP contribution in [0.5, 0.6) is 5.75 Å². The SMILES string of the molecule is CCN(CC)C(=O)CNC1CCOc2ccccc21. The normalized spacial score (nSPS) is 17.5. The number of para-hydroxylation sites is 1. The van der Waals surface area contributed by atoms with Gasteiger partial charge in [-0.3, -0.25) is 4.79 Å². The van der Waals surface area contributed by atoms with Crippen LogP contribution in [0.2, 0.25) is 0 Å². The van der Waals surface area contributed by atoms with E-state index in [4.69, 9.17) is 4.74 Å². The quantitative estimate of drug-likeness (QED) is 0.882. The molecule has 0 spiro atoms. The molecule has 0 saturated heterocycles. The number of nitrogens with one attached hydrogen (secondary N) is 1. The van der Waals surface area contributed by atoms with Crippen LogP contribution in [0.15, 0.2) is 24.3 Å². The molecule has 1 aromatic rings. The highest BCUT2D eigenvalue weighted by Gasteiger charge is 2.21. The van der Waals surface area contributed by atoms with E-state index in [0.29, 0.717) is 13.2 Å². The lowest BCUT2D eigenvalue weighted by atomic mass is 10.0. The molecule has 19 heavy (non-hydrogen) atoms. The smallest absolute Gasteiger partial charge is 0.236 e. The van der Waals surface area contributed by atoms with Gasteiger partial charge in [0.1, 0.15) is 5.75 Å². The van der Waals surface area contributed by atoms with Gasteiger partial charge in [0.2, 0.25) is 5.91 Å². The summed E-state index contributed by atoms with van der Waals surface area (Å²) in [5, 5.41) is 3.36. The van der Waals surface area contributed by atoms with Crippen molar-refractivity contribution in [3.63, 3.8) is 0 Å². The number of benzene rings is 1. The summed E-state index contributed by atoms with van der Waals surface area (Å²) in [6.07, 6.45) is 0.905. The molecule has 1 atom stereocenters. The van der Waals surface area contributed by atoms with Crippen molar-refractivity contribution in [2.75, 3.05) is 26.2 Å². The number of amides is 1. The van der Waals surface area contributed by atoms with E-state index in [2.05, 4.69) is 11.4 Å². The first-order chi connectivity index (χ1) is 9.26. The lowest BCUT2D eigenvalue weighted by Crippen LogP contribution is -2.40. The van der Waals surface area contributed by atoms with Crippen molar-refractivity contribution < 1.29 is 9.53 Å². The molecule has 4 nitrogen and oxygen atoms in total. The standard InChI is InChI=1S/C15H22N2O2/c1-3-17(4-2)15(18)11-16-13-9-10-19-14-8-6-5-7-12(13)14/h5-8,13,16H,3-4,9-11H2,1-2H3. The Bertz CT molecular complexity index is 430. The maximum absolute atomic E-state index is 12.0. The van der Waals surface area contributed by atoms with Crippen LogP contribution in [0.4, 0.5) is 0 Å². The van der Waals surface area contributed by atoms with E-state index in [1.165, 1.54) is 0 Å². The number of rotatable bonds is 5. The summed E-state index contributed by atoms with van der Waals surface area (Å²) in [5.74, 6) is 1.09. The minimum atomic E-state index is 0.161. The van der Waals surface area contributed by atoms with E-state index in [1.54, 1.807) is 0 Å². The van der Waals surface area contributed by atoms with E-state index in [1.807, 2.05) is 36.9 Å². The Kier molecular flexibility index (Phi) is 4.80. The summed E-state index contributed by atoms with van der Waals surface area (Å²) in [5.41, 5.74) is 1.15. The first-order valence-corrected chi connectivity index (χ1v) is 6.99. The van der Waals surface area contributed by atoms with Crippen molar-refractivity contribution in [1.29, 1.82) is 0 Å². The predicted molar refractivity (Wildman–Crippen MR) is 75.2 cm³/mol. The summed E-state index contributed by atoms with van der Waals surface area (Å²) < 4.78 is 5.61. The van der Waals surface area contributed by atoms with Crippen molar-refractivity contribution >= 4 is 5.91 Å². The van der Waals surface area contributed by atoms with Crippen molar-refractivity contribution in [3.05, 3.63) is 29.8 Å². The average molecular weight is 262 g/mol. The molecule has 0 radical (unpaired) electrons. The van der Waals surface area contributed by atoms with Gasteiger partial charge in [-0.1, -0.05) is 18.2 Å². The predicted octanol–water partition coefficient (Wildman–Crippen LogP) is 1.97. The van der Waals surface area contributed by atoms with Crippen LogP contribution in [-0.2, 0) is 4.79 Å². The zero-order valence-electron chi connectivity index (χ0n) is 11.7. The Morgan fingerprint density at radius 1 is 1.37 bits per heavy atom. The Labute approximate surface area is 114 Å². The molecule has 1 N–H and O–H groups in total. The molecule has 1 aromatic carbocycles. The Hall–Kier alpha value is -1.55. The molecule has 0 fully saturated rings. The number of likely N-dealkylation sites (N-methyl/N-ethyl adjacent to an activating group) is 1. The van der Waals surface area contributed by atoms with E-state index < -0.39 is 0 Å². The molecule has 1 aliphatic heterocycles. The molecule has 2 rings (SSSR count). The monoisotopic (exact) mass is 262 g/mol. The minimum Gasteiger partial charge on any atom is -0.493 e. The van der Waals surface area contributed by atoms with Gasteiger partial charge in [-0.25, -0.2) is 0 Å². The van der Waals surface area contributed by atoms with E-state index in [9.17, 15) is 4.79 Å². The number of nitrogens with zero attached hydrogens (tertiary/aromatic N) is 1. The van der Waals surface area contributed by atoms with E-state index in [-0.39, 0.29) is 11.9 Å². The highest BCUT2D eigenvalue weighted by molar-refractivity contribution is 5.78. The molecular weight excluding hydrogens is 240 g/mol. The van der Waals surface area contributed by atoms with Gasteiger partial charge >= 0.3 is 0 Å². The molecule has 1 aliphatic rings. The average Bonchev–Trinajstić information content (AvgIpc) is 2.46. The first kappa shape index (κ1) is 13.9. The molecule has 1 amide bonds. The molecule has 0 aromatic heterocycles. The molecule has 1 heterocycles. The zero-order chi connectivity index (χ0) is 13.7. The second-order valence-corrected chi connectivity index (χ2v) is 4.67. The van der Waals surface area contributed by atoms with Gasteiger partial charge < -0.3 is 15.0 Å². The highest BCUT2D eigenvalue weighted by Crippen LogP contribution is 2.31. The topological polar surface area (TPSA) is 41.6 Å². The van der Waals surface area contributed by atoms with Crippen LogP contribution in [0.25, 0.3) is 0 Å². The lowest BCUT2D eigenvalue weighted by Gasteiger charge is -2.27. The number of fused-ring (bicyclic) bond motifs is 1. The van der Waals surface area contributed by atoms with E-state index in [0.717, 1.165) is 30.8 Å². The summed E-state index contributed by atoms with van der Waals surface area (Å²) in [6, 6.07) is 8.24. The largest absolute Gasteiger partial charge is 0.493 e. The third kappa shape index (κ3) is 3.26. The molecule has 0 bridgehead atoms. The third-order valence-electron chi connectivity index (χ3n) is 3.57. The van der Waals surface area contributed by atoms with Crippen LogP contribution in [0.3, 0.4) is 0 Å². The molecular formula is C15H22N2O2. The molecule has 1 unspecified atom stereocenters. The molecule has 0 saturated carbocycles. The maximum atomic E-state index is 12.0. The van der Waals surface area contributed by atoms with Crippen molar-refractivity contribution in [2.24, 2.45) is 0 Å². The van der Waals surface area contributed by atoms with Crippen molar-refractivity contribution in [2.45, 2.75) is 26.3 Å². The van der Waals surface area contributed by atoms with Crippen LogP contribution < -0.4 is 10.1 Å². The summed E-state index contributed by atoms with van der Waals surface area (Å²) in [4.78, 5) is 13.8. The van der Waals surface area contributed by atoms with Gasteiger partial charge in [0, 0.05) is 31.1 Å². The van der Waals surface area contributed by atoms with Gasteiger partial charge in [0.25, 0.3) is 0 Å². The van der Waals surface area contributed by atoms with Crippen LogP contribution in [0, 0.1) is 0 Å². The minimum absolute atomic E-state index is 0.161. The molecule has 4 heteroatoms. The fraction of sp³-hybridized carbons (Fsp3) is 0.533. The number of carbonyl (C=O) groups excluding carboxylic acids is 1. The first-order valence-electron chi connectivity index (χ1n) is 6.99. The van der Waals surface area contributed by atoms with E-state index >= 15 is 0 Å². The Balaban J connectivity index is 1.96. The Morgan fingerprint density at radius 2 is 2.11 bits per heavy atom. The second kappa shape index (κ2) is 6.57. The maximum Gasteiger partial charge on any atom is 0.236 e. The lowest BCUT2D eigenvalue weighted by molar-refractivity contribution is -0.130. The van der Waals surface area contributed by atoms with Gasteiger partial charge in [-0.15, -0.1) is 0 Å². The van der Waals surface area contributed by atoms with Crippen LogP contribution >= 0.6 is 0 Å². The second-order valence-electron chi connectivity index (χ2n) is 4.67. The van der Waals surface area contributed by atoms with Crippen LogP contribution in [0.1, 0.15) is 31.9 Å². The number of carbonyl (C=O) groups is 1. The van der Waals surface area contributed by atoms with Gasteiger partial charge in [-0.05, 0) is 19.9 Å². The summed E-state index contributed by atoms with van der Waals surface area (Å²) in [7, 11) is 0. The summed E-state index contributed by atoms with van der Waals surface area (Å²) in [6.45, 7) is 6.63. The molecule has 0 aliphatic carbocycles. The zero-order valence-corrected chi connectivity index (χ0v) is 11.7. The number of hydrogen-bond acceptors (Lipinski definition) is 3. The van der Waals surface area contributed by atoms with Crippen LogP contribution in [-0.4, -0.2) is 37.0 Å².